The maximum atomic E-state index is 12.4. The van der Waals surface area contributed by atoms with Crippen LogP contribution in [0.2, 0.25) is 0 Å². The fourth-order valence-electron chi connectivity index (χ4n) is 6.64. The van der Waals surface area contributed by atoms with Crippen molar-refractivity contribution in [2.45, 2.75) is 12.8 Å². The fraction of sp³-hybridized carbons (Fsp3) is 0.0870. The summed E-state index contributed by atoms with van der Waals surface area (Å²) in [6.07, 6.45) is 14.4. The SMILES string of the molecule is CS(=O)(=O)Nc1cccc(CC(=O)Nc2cc(-c3[nH]nc4ncncc34)cs2)c1.CS(=O)(=O)Nc1cccc(CC(=O)Nc2cc(B(O)O)cs2)c1.Ic1[nH]nc2ncncc12.N#Cc1cncnc1N.Nc1[nH]nc2ncncc12.S=S.[3H][3H]. The highest BCUT2D eigenvalue weighted by molar-refractivity contribution is 14.1. The number of nitrogens with zero attached hydrogens (tertiary/aromatic N) is 12. The second-order valence-corrected chi connectivity index (χ2v) is 22.8. The van der Waals surface area contributed by atoms with E-state index >= 15 is 0 Å². The Labute approximate surface area is 505 Å². The van der Waals surface area contributed by atoms with E-state index in [-0.39, 0.29) is 30.5 Å². The zero-order chi connectivity index (χ0) is 62.1. The van der Waals surface area contributed by atoms with E-state index in [9.17, 15) is 26.4 Å². The molecular formula is C46H45BIN21O8S6. The minimum atomic E-state index is -3.37. The Kier molecular flexibility index (Phi) is 22.6. The number of aromatic nitrogens is 14. The number of hydrogen-bond donors (Lipinski definition) is 11. The van der Waals surface area contributed by atoms with Crippen LogP contribution in [0.25, 0.3) is 44.4 Å². The van der Waals surface area contributed by atoms with Crippen LogP contribution in [-0.2, 0) is 64.9 Å². The van der Waals surface area contributed by atoms with Gasteiger partial charge in [-0.1, -0.05) is 24.3 Å². The molecule has 0 unspecified atom stereocenters. The average molecular weight is 1350 g/mol. The number of benzene rings is 2. The van der Waals surface area contributed by atoms with E-state index in [0.717, 1.165) is 49.3 Å². The summed E-state index contributed by atoms with van der Waals surface area (Å²) >= 11 is 12.1. The van der Waals surface area contributed by atoms with Gasteiger partial charge in [-0.25, -0.2) is 56.7 Å². The second-order valence-electron chi connectivity index (χ2n) is 16.4. The third-order valence-electron chi connectivity index (χ3n) is 10.1. The number of sulfonamides is 2. The van der Waals surface area contributed by atoms with Crippen molar-refractivity contribution in [1.82, 2.24) is 70.5 Å². The molecule has 2 aromatic carbocycles. The van der Waals surface area contributed by atoms with Crippen LogP contribution in [0, 0.1) is 15.0 Å². The zero-order valence-corrected chi connectivity index (χ0v) is 49.8. The molecule has 0 saturated heterocycles. The van der Waals surface area contributed by atoms with Crippen LogP contribution in [0.1, 0.15) is 19.7 Å². The highest BCUT2D eigenvalue weighted by atomic mass is 127. The zero-order valence-electron chi connectivity index (χ0n) is 44.7. The molecule has 0 spiro atoms. The monoisotopic (exact) mass is 1350 g/mol. The van der Waals surface area contributed by atoms with E-state index in [0.29, 0.717) is 60.6 Å². The van der Waals surface area contributed by atoms with Gasteiger partial charge in [-0.05, 0) is 81.0 Å². The Morgan fingerprint density at radius 2 is 1.18 bits per heavy atom. The number of nitrogens with two attached hydrogens (primary N) is 2. The van der Waals surface area contributed by atoms with Gasteiger partial charge < -0.3 is 32.1 Å². The number of amides is 2. The number of aromatic amines is 3. The number of H-pyrrole nitrogens is 3. The van der Waals surface area contributed by atoms with Crippen molar-refractivity contribution >= 4 is 178 Å². The quantitative estimate of drug-likeness (QED) is 0.0614. The number of halogens is 1. The molecule has 0 bridgehead atoms. The van der Waals surface area contributed by atoms with Gasteiger partial charge >= 0.3 is 7.12 Å². The molecule has 0 aliphatic heterocycles. The van der Waals surface area contributed by atoms with Gasteiger partial charge in [0.05, 0.1) is 63.4 Å². The minimum absolute atomic E-state index is 0.0637. The molecule has 83 heavy (non-hydrogen) atoms. The fourth-order valence-corrected chi connectivity index (χ4v) is 9.89. The van der Waals surface area contributed by atoms with Crippen molar-refractivity contribution < 1.29 is 39.4 Å². The molecule has 29 nitrogen and oxygen atoms in total. The van der Waals surface area contributed by atoms with Crippen LogP contribution in [0.5, 0.6) is 0 Å². The van der Waals surface area contributed by atoms with Crippen molar-refractivity contribution in [2.75, 3.05) is 44.1 Å². The van der Waals surface area contributed by atoms with E-state index in [4.69, 9.17) is 29.7 Å². The predicted molar refractivity (Wildman–Crippen MR) is 332 cm³/mol. The number of nitrogen functional groups attached to an aromatic ring is 2. The van der Waals surface area contributed by atoms with E-state index < -0.39 is 27.2 Å². The Balaban J connectivity index is 0.000000207. The molecule has 9 aromatic heterocycles. The summed E-state index contributed by atoms with van der Waals surface area (Å²) < 4.78 is 60.8. The molecule has 9 heterocycles. The van der Waals surface area contributed by atoms with Crippen molar-refractivity contribution in [3.63, 3.8) is 0 Å². The highest BCUT2D eigenvalue weighted by Gasteiger charge is 2.16. The first-order chi connectivity index (χ1) is 40.7. The third-order valence-corrected chi connectivity index (χ3v) is 13.8. The van der Waals surface area contributed by atoms with Crippen LogP contribution in [-0.4, -0.2) is 129 Å². The maximum Gasteiger partial charge on any atom is 0.489 e. The Bertz CT molecular complexity index is 4200. The molecule has 37 heteroatoms. The van der Waals surface area contributed by atoms with Gasteiger partial charge in [0.2, 0.25) is 31.9 Å². The first kappa shape index (κ1) is 61.9. The first-order valence-electron chi connectivity index (χ1n) is 23.9. The van der Waals surface area contributed by atoms with Crippen LogP contribution < -0.4 is 37.0 Å². The van der Waals surface area contributed by atoms with Gasteiger partial charge in [-0.3, -0.25) is 34.3 Å². The van der Waals surface area contributed by atoms with Crippen LogP contribution >= 0.6 is 45.3 Å². The summed E-state index contributed by atoms with van der Waals surface area (Å²) in [6.45, 7) is 0. The summed E-state index contributed by atoms with van der Waals surface area (Å²) in [5, 5.41) is 59.3. The van der Waals surface area contributed by atoms with E-state index in [1.54, 1.807) is 67.1 Å². The Morgan fingerprint density at radius 1 is 0.699 bits per heavy atom. The normalized spacial score (nSPS) is 10.7. The summed E-state index contributed by atoms with van der Waals surface area (Å²) in [4.78, 5) is 55.2. The molecule has 0 atom stereocenters. The number of carbonyl (C=O) groups excluding carboxylic acids is 2. The van der Waals surface area contributed by atoms with Crippen LogP contribution in [0.4, 0.5) is 33.0 Å². The smallest absolute Gasteiger partial charge is 0.423 e. The molecule has 13 N–H and O–H groups in total. The lowest BCUT2D eigenvalue weighted by Crippen LogP contribution is -2.28. The molecule has 0 fully saturated rings. The van der Waals surface area contributed by atoms with Crippen LogP contribution in [0.15, 0.2) is 122 Å². The Morgan fingerprint density at radius 3 is 1.69 bits per heavy atom. The molecule has 2 amide bonds. The number of thiophene rings is 2. The summed E-state index contributed by atoms with van der Waals surface area (Å²) in [5.41, 5.74) is 17.1. The number of rotatable bonds is 12. The maximum absolute atomic E-state index is 12.4. The van der Waals surface area contributed by atoms with Crippen molar-refractivity contribution in [2.24, 2.45) is 0 Å². The molecule has 0 aliphatic carbocycles. The number of nitriles is 1. The summed E-state index contributed by atoms with van der Waals surface area (Å²) in [5.74, 6) is 0.248. The minimum Gasteiger partial charge on any atom is -0.423 e. The lowest BCUT2D eigenvalue weighted by Gasteiger charge is -2.07. The van der Waals surface area contributed by atoms with E-state index in [1.807, 2.05) is 17.5 Å². The van der Waals surface area contributed by atoms with Gasteiger partial charge in [0.1, 0.15) is 52.3 Å². The van der Waals surface area contributed by atoms with Gasteiger partial charge in [-0.2, -0.15) is 20.6 Å². The summed E-state index contributed by atoms with van der Waals surface area (Å²) in [6, 6.07) is 18.5. The predicted octanol–water partition coefficient (Wildman–Crippen LogP) is 3.68. The molecular weight excluding hydrogens is 1300 g/mol. The number of fused-ring (bicyclic) bond motifs is 3. The lowest BCUT2D eigenvalue weighted by atomic mass is 9.83. The van der Waals surface area contributed by atoms with E-state index in [2.05, 4.69) is 136 Å². The van der Waals surface area contributed by atoms with Crippen LogP contribution in [0.3, 0.4) is 0 Å². The molecule has 11 rings (SSSR count). The third kappa shape index (κ3) is 20.0. The second kappa shape index (κ2) is 30.4. The van der Waals surface area contributed by atoms with Gasteiger partial charge in [0.15, 0.2) is 16.9 Å². The molecule has 428 valence electrons. The lowest BCUT2D eigenvalue weighted by molar-refractivity contribution is -0.116. The highest BCUT2D eigenvalue weighted by Crippen LogP contribution is 2.32. The van der Waals surface area contributed by atoms with Gasteiger partial charge in [0.25, 0.3) is 0 Å². The molecule has 11 aromatic rings. The molecule has 0 saturated carbocycles. The number of anilines is 6. The molecule has 0 aliphatic rings. The standard InChI is InChI=1S/C18H16N6O3S2.C13H15BN2O5S2.C5H3IN4.C5H5N5.C5H4N4.S2.H2/c1-29(26,27)24-13-4-2-3-11(5-13)6-15(25)21-16-7-12(9-28-16)17-14-8-19-10-20-18(14)23-22-17;1-23(20,21)16-11-4-2-3-9(5-11)6-12(17)15-13-7-10(8-22-13)14(18)19;2*6-4-3-1-7-2-8-5(3)10-9-4;6-1-4-2-8-3-9-5(4)7;1-2;/h2-5,7-10,24H,6H2,1H3,(H,21,25)(H,19,20,22,23);2-5,7-8,16,18-19H,6H2,1H3,(H,15,17);1-2H,(H,7,8,9,10);1-2H,(H3,6,7,8,9,10);2-3H,(H2,7,8,9);;1H/i;;;;;;1+2T. The van der Waals surface area contributed by atoms with Gasteiger partial charge in [0, 0.05) is 66.3 Å². The Hall–Kier alpha value is -8.75. The van der Waals surface area contributed by atoms with Crippen molar-refractivity contribution in [3.05, 3.63) is 142 Å². The first-order valence-corrected chi connectivity index (χ1v) is 30.9. The van der Waals surface area contributed by atoms with Gasteiger partial charge in [-0.15, -0.1) is 22.7 Å². The summed E-state index contributed by atoms with van der Waals surface area (Å²) in [7, 11) is -8.32. The van der Waals surface area contributed by atoms with E-state index in [1.165, 1.54) is 65.6 Å². The average Bonchev–Trinajstić information content (AvgIpc) is 3.74. The number of nitrogens with one attached hydrogen (secondary N) is 7. The molecule has 0 radical (unpaired) electrons. The number of carbonyl (C=O) groups is 2. The number of hydrogen-bond acceptors (Lipinski definition) is 26. The largest absolute Gasteiger partial charge is 0.489 e. The van der Waals surface area contributed by atoms with Crippen molar-refractivity contribution in [1.29, 1.82) is 5.26 Å². The topological polar surface area (TPSA) is 456 Å². The van der Waals surface area contributed by atoms with Crippen molar-refractivity contribution in [3.8, 4) is 17.3 Å².